The zero-order valence-electron chi connectivity index (χ0n) is 13.8. The maximum atomic E-state index is 6.43. The van der Waals surface area contributed by atoms with Crippen LogP contribution in [0.2, 0.25) is 0 Å². The first-order chi connectivity index (χ1) is 10.4. The number of benzene rings is 1. The molecule has 118 valence electrons. The monoisotopic (exact) mass is 299 g/mol. The smallest absolute Gasteiger partial charge is 0.404 e. The van der Waals surface area contributed by atoms with Gasteiger partial charge in [0, 0.05) is 5.94 Å². The minimum Gasteiger partial charge on any atom is -0.404 e. The molecule has 0 spiro atoms. The van der Waals surface area contributed by atoms with Gasteiger partial charge in [-0.3, -0.25) is 0 Å². The molecular weight excluding hydrogens is 273 g/mol. The van der Waals surface area contributed by atoms with Crippen LogP contribution in [-0.4, -0.2) is 24.8 Å². The molecule has 0 amide bonds. The van der Waals surface area contributed by atoms with Crippen molar-refractivity contribution in [2.75, 3.05) is 0 Å². The van der Waals surface area contributed by atoms with E-state index in [0.29, 0.717) is 11.3 Å². The highest BCUT2D eigenvalue weighted by Crippen LogP contribution is 2.65. The molecule has 0 radical (unpaired) electrons. The first-order valence-electron chi connectivity index (χ1n) is 8.54. The van der Waals surface area contributed by atoms with Gasteiger partial charge in [0.25, 0.3) is 0 Å². The lowest BCUT2D eigenvalue weighted by Crippen LogP contribution is -2.65. The van der Waals surface area contributed by atoms with Gasteiger partial charge >= 0.3 is 7.12 Å². The van der Waals surface area contributed by atoms with E-state index in [4.69, 9.17) is 15.0 Å². The van der Waals surface area contributed by atoms with Crippen LogP contribution in [0.1, 0.15) is 39.2 Å². The van der Waals surface area contributed by atoms with E-state index in [9.17, 15) is 0 Å². The van der Waals surface area contributed by atoms with Crippen molar-refractivity contribution < 1.29 is 9.31 Å². The minimum atomic E-state index is -0.273. The Morgan fingerprint density at radius 2 is 1.95 bits per heavy atom. The molecule has 3 aliphatic carbocycles. The van der Waals surface area contributed by atoms with E-state index in [1.807, 2.05) is 6.07 Å². The van der Waals surface area contributed by atoms with Crippen molar-refractivity contribution in [2.45, 2.75) is 57.7 Å². The summed E-state index contributed by atoms with van der Waals surface area (Å²) in [6.07, 6.45) is 3.42. The standard InChI is InChI=1S/C18H26BNO2/c1-17(2)13-10-14(17)18(3)15(11-13)21-19(22-18)16(20)9-12-7-5-4-6-8-12/h4-8,13-16H,9-11,20H2,1-3H3/t13?,14?,15-,16?,18+/m1/s1. The zero-order chi connectivity index (χ0) is 15.5. The second-order valence-corrected chi connectivity index (χ2v) is 8.19. The molecule has 1 aromatic rings. The molecule has 5 rings (SSSR count). The molecule has 1 aliphatic heterocycles. The van der Waals surface area contributed by atoms with Gasteiger partial charge in [-0.25, -0.2) is 0 Å². The van der Waals surface area contributed by atoms with Crippen molar-refractivity contribution in [1.29, 1.82) is 0 Å². The molecule has 0 aromatic heterocycles. The summed E-state index contributed by atoms with van der Waals surface area (Å²) in [6, 6.07) is 10.4. The van der Waals surface area contributed by atoms with Crippen LogP contribution in [0.4, 0.5) is 0 Å². The second kappa shape index (κ2) is 4.83. The minimum absolute atomic E-state index is 0.106. The Morgan fingerprint density at radius 3 is 2.64 bits per heavy atom. The first kappa shape index (κ1) is 14.7. The highest BCUT2D eigenvalue weighted by Gasteiger charge is 2.68. The predicted octanol–water partition coefficient (Wildman–Crippen LogP) is 2.82. The van der Waals surface area contributed by atoms with Gasteiger partial charge in [0.15, 0.2) is 0 Å². The van der Waals surface area contributed by atoms with E-state index >= 15 is 0 Å². The molecule has 2 N–H and O–H groups in total. The highest BCUT2D eigenvalue weighted by atomic mass is 16.7. The Bertz CT molecular complexity index is 563. The molecule has 4 aliphatic rings. The normalized spacial score (nSPS) is 40.0. The van der Waals surface area contributed by atoms with E-state index in [2.05, 4.69) is 45.0 Å². The van der Waals surface area contributed by atoms with Crippen molar-refractivity contribution in [2.24, 2.45) is 23.0 Å². The summed E-state index contributed by atoms with van der Waals surface area (Å²) >= 11 is 0. The van der Waals surface area contributed by atoms with Crippen molar-refractivity contribution in [3.63, 3.8) is 0 Å². The number of nitrogens with two attached hydrogens (primary N) is 1. The van der Waals surface area contributed by atoms with E-state index in [1.165, 1.54) is 12.0 Å². The summed E-state index contributed by atoms with van der Waals surface area (Å²) in [6.45, 7) is 7.01. The molecule has 5 atom stereocenters. The molecule has 4 heteroatoms. The Labute approximate surface area is 133 Å². The van der Waals surface area contributed by atoms with Gasteiger partial charge in [-0.05, 0) is 49.0 Å². The highest BCUT2D eigenvalue weighted by molar-refractivity contribution is 6.47. The molecule has 2 bridgehead atoms. The topological polar surface area (TPSA) is 44.5 Å². The molecule has 1 aromatic carbocycles. The first-order valence-corrected chi connectivity index (χ1v) is 8.54. The van der Waals surface area contributed by atoms with Gasteiger partial charge < -0.3 is 15.0 Å². The molecule has 1 saturated heterocycles. The third kappa shape index (κ3) is 2.00. The van der Waals surface area contributed by atoms with Crippen molar-refractivity contribution in [3.8, 4) is 0 Å². The van der Waals surface area contributed by atoms with Crippen molar-refractivity contribution in [1.82, 2.24) is 0 Å². The fourth-order valence-electron chi connectivity index (χ4n) is 5.06. The largest absolute Gasteiger partial charge is 0.475 e. The summed E-state index contributed by atoms with van der Waals surface area (Å²) in [5, 5.41) is 0. The number of hydrogen-bond donors (Lipinski definition) is 1. The van der Waals surface area contributed by atoms with Crippen LogP contribution in [-0.2, 0) is 15.7 Å². The van der Waals surface area contributed by atoms with E-state index in [1.54, 1.807) is 0 Å². The van der Waals surface area contributed by atoms with Crippen molar-refractivity contribution >= 4 is 7.12 Å². The maximum Gasteiger partial charge on any atom is 0.475 e. The summed E-state index contributed by atoms with van der Waals surface area (Å²) in [5.41, 5.74) is 7.87. The van der Waals surface area contributed by atoms with Gasteiger partial charge in [0.2, 0.25) is 0 Å². The fourth-order valence-corrected chi connectivity index (χ4v) is 5.06. The van der Waals surface area contributed by atoms with Crippen LogP contribution in [0.25, 0.3) is 0 Å². The van der Waals surface area contributed by atoms with Crippen molar-refractivity contribution in [3.05, 3.63) is 35.9 Å². The average Bonchev–Trinajstić information content (AvgIpc) is 2.85. The SMILES string of the molecule is CC1(C)C2CC1[C@]1(C)OB(C(N)Cc3ccccc3)O[C@@H]1C2. The van der Waals surface area contributed by atoms with Crippen LogP contribution < -0.4 is 5.73 Å². The van der Waals surface area contributed by atoms with Gasteiger partial charge in [-0.2, -0.15) is 0 Å². The molecule has 3 unspecified atom stereocenters. The summed E-state index contributed by atoms with van der Waals surface area (Å²) in [4.78, 5) is 0. The van der Waals surface area contributed by atoms with Gasteiger partial charge in [0.05, 0.1) is 11.7 Å². The quantitative estimate of drug-likeness (QED) is 0.873. The predicted molar refractivity (Wildman–Crippen MR) is 88.2 cm³/mol. The molecular formula is C18H26BNO2. The van der Waals surface area contributed by atoms with Crippen LogP contribution in [0.3, 0.4) is 0 Å². The summed E-state index contributed by atoms with van der Waals surface area (Å²) in [5.74, 6) is 1.27. The number of rotatable bonds is 3. The Hall–Kier alpha value is -0.835. The van der Waals surface area contributed by atoms with Crippen LogP contribution in [0, 0.1) is 17.3 Å². The maximum absolute atomic E-state index is 6.43. The summed E-state index contributed by atoms with van der Waals surface area (Å²) < 4.78 is 12.7. The zero-order valence-corrected chi connectivity index (χ0v) is 13.8. The van der Waals surface area contributed by atoms with Gasteiger partial charge in [-0.1, -0.05) is 44.2 Å². The Kier molecular flexibility index (Phi) is 3.23. The molecule has 22 heavy (non-hydrogen) atoms. The van der Waals surface area contributed by atoms with E-state index < -0.39 is 0 Å². The third-order valence-electron chi connectivity index (χ3n) is 6.63. The van der Waals surface area contributed by atoms with Gasteiger partial charge in [-0.15, -0.1) is 0 Å². The van der Waals surface area contributed by atoms with Crippen LogP contribution >= 0.6 is 0 Å². The van der Waals surface area contributed by atoms with E-state index in [0.717, 1.165) is 18.8 Å². The number of hydrogen-bond acceptors (Lipinski definition) is 3. The lowest BCUT2D eigenvalue weighted by Gasteiger charge is -2.64. The van der Waals surface area contributed by atoms with Crippen LogP contribution in [0.5, 0.6) is 0 Å². The molecule has 1 heterocycles. The lowest BCUT2D eigenvalue weighted by atomic mass is 9.43. The fraction of sp³-hybridized carbons (Fsp3) is 0.667. The van der Waals surface area contributed by atoms with Crippen LogP contribution in [0.15, 0.2) is 30.3 Å². The van der Waals surface area contributed by atoms with Gasteiger partial charge in [0.1, 0.15) is 0 Å². The third-order valence-corrected chi connectivity index (χ3v) is 6.63. The van der Waals surface area contributed by atoms with E-state index in [-0.39, 0.29) is 24.8 Å². The molecule has 4 fully saturated rings. The summed E-state index contributed by atoms with van der Waals surface area (Å²) in [7, 11) is -0.273. The Balaban J connectivity index is 1.48. The second-order valence-electron chi connectivity index (χ2n) is 8.19. The molecule has 3 nitrogen and oxygen atoms in total. The lowest BCUT2D eigenvalue weighted by molar-refractivity contribution is -0.199. The Morgan fingerprint density at radius 1 is 1.23 bits per heavy atom. The average molecular weight is 299 g/mol. The molecule has 3 saturated carbocycles.